The molecule has 0 aliphatic heterocycles. The molecule has 1 saturated carbocycles. The summed E-state index contributed by atoms with van der Waals surface area (Å²) in [6, 6.07) is 2.84. The first-order valence-electron chi connectivity index (χ1n) is 5.65. The molecule has 1 aromatic rings. The number of hydrogen-bond donors (Lipinski definition) is 1. The van der Waals surface area contributed by atoms with Crippen molar-refractivity contribution < 1.29 is 4.42 Å². The zero-order valence-corrected chi connectivity index (χ0v) is 8.83. The van der Waals surface area contributed by atoms with Gasteiger partial charge in [0, 0.05) is 6.04 Å². The zero-order chi connectivity index (χ0) is 9.80. The van der Waals surface area contributed by atoms with E-state index >= 15 is 0 Å². The molecular weight excluding hydrogens is 174 g/mol. The van der Waals surface area contributed by atoms with E-state index in [1.807, 2.05) is 6.26 Å². The first-order valence-corrected chi connectivity index (χ1v) is 5.65. The Morgan fingerprint density at radius 2 is 2.43 bits per heavy atom. The van der Waals surface area contributed by atoms with E-state index in [-0.39, 0.29) is 0 Å². The van der Waals surface area contributed by atoms with Gasteiger partial charge in [-0.25, -0.2) is 0 Å². The molecule has 14 heavy (non-hydrogen) atoms. The van der Waals surface area contributed by atoms with E-state index in [1.165, 1.54) is 31.2 Å². The molecule has 1 N–H and O–H groups in total. The molecule has 78 valence electrons. The second-order valence-corrected chi connectivity index (χ2v) is 4.22. The normalized spacial score (nSPS) is 26.9. The van der Waals surface area contributed by atoms with E-state index in [0.29, 0.717) is 0 Å². The number of rotatable bonds is 4. The van der Waals surface area contributed by atoms with Crippen molar-refractivity contribution in [3.63, 3.8) is 0 Å². The van der Waals surface area contributed by atoms with Crippen molar-refractivity contribution in [1.29, 1.82) is 0 Å². The van der Waals surface area contributed by atoms with Crippen LogP contribution in [-0.4, -0.2) is 12.6 Å². The Bertz CT molecular complexity index is 255. The molecular formula is C12H19NO. The van der Waals surface area contributed by atoms with Gasteiger partial charge < -0.3 is 9.73 Å². The summed E-state index contributed by atoms with van der Waals surface area (Å²) in [5.41, 5.74) is 1.38. The van der Waals surface area contributed by atoms with Crippen LogP contribution in [0.5, 0.6) is 0 Å². The Labute approximate surface area is 85.7 Å². The highest BCUT2D eigenvalue weighted by Crippen LogP contribution is 2.34. The molecule has 0 saturated heterocycles. The molecule has 2 nitrogen and oxygen atoms in total. The molecule has 0 spiro atoms. The highest BCUT2D eigenvalue weighted by atomic mass is 16.3. The van der Waals surface area contributed by atoms with Gasteiger partial charge in [0.25, 0.3) is 0 Å². The first kappa shape index (κ1) is 9.78. The van der Waals surface area contributed by atoms with Crippen molar-refractivity contribution in [3.05, 3.63) is 24.2 Å². The van der Waals surface area contributed by atoms with Gasteiger partial charge in [0.15, 0.2) is 0 Å². The summed E-state index contributed by atoms with van der Waals surface area (Å²) in [5, 5.41) is 3.59. The Balaban J connectivity index is 1.83. The van der Waals surface area contributed by atoms with Crippen LogP contribution < -0.4 is 5.32 Å². The van der Waals surface area contributed by atoms with E-state index in [1.54, 1.807) is 6.26 Å². The molecule has 1 aromatic heterocycles. The zero-order valence-electron chi connectivity index (χ0n) is 8.83. The second kappa shape index (κ2) is 4.65. The van der Waals surface area contributed by atoms with Gasteiger partial charge in [-0.2, -0.15) is 0 Å². The summed E-state index contributed by atoms with van der Waals surface area (Å²) in [7, 11) is 0. The van der Waals surface area contributed by atoms with Crippen LogP contribution in [0.2, 0.25) is 0 Å². The SMILES string of the molecule is CCCNC1CCC(c2ccoc2)C1. The fraction of sp³-hybridized carbons (Fsp3) is 0.667. The minimum atomic E-state index is 0.725. The van der Waals surface area contributed by atoms with Crippen LogP contribution in [0.4, 0.5) is 0 Å². The smallest absolute Gasteiger partial charge is 0.0937 e. The van der Waals surface area contributed by atoms with E-state index in [9.17, 15) is 0 Å². The van der Waals surface area contributed by atoms with Gasteiger partial charge >= 0.3 is 0 Å². The van der Waals surface area contributed by atoms with Crippen LogP contribution in [0, 0.1) is 0 Å². The number of nitrogens with one attached hydrogen (secondary N) is 1. The molecule has 1 aliphatic rings. The fourth-order valence-corrected chi connectivity index (χ4v) is 2.33. The topological polar surface area (TPSA) is 25.2 Å². The third-order valence-corrected chi connectivity index (χ3v) is 3.13. The van der Waals surface area contributed by atoms with Gasteiger partial charge in [-0.1, -0.05) is 6.92 Å². The Hall–Kier alpha value is -0.760. The summed E-state index contributed by atoms with van der Waals surface area (Å²) in [6.45, 7) is 3.37. The first-order chi connectivity index (χ1) is 6.90. The second-order valence-electron chi connectivity index (χ2n) is 4.22. The summed E-state index contributed by atoms with van der Waals surface area (Å²) in [5.74, 6) is 0.725. The fourth-order valence-electron chi connectivity index (χ4n) is 2.33. The molecule has 2 heteroatoms. The third-order valence-electron chi connectivity index (χ3n) is 3.13. The summed E-state index contributed by atoms with van der Waals surface area (Å²) >= 11 is 0. The Morgan fingerprint density at radius 1 is 1.50 bits per heavy atom. The van der Waals surface area contributed by atoms with Crippen molar-refractivity contribution in [1.82, 2.24) is 5.32 Å². The summed E-state index contributed by atoms with van der Waals surface area (Å²) in [6.07, 6.45) is 8.80. The third kappa shape index (κ3) is 2.18. The van der Waals surface area contributed by atoms with Crippen molar-refractivity contribution in [2.45, 2.75) is 44.6 Å². The van der Waals surface area contributed by atoms with Gasteiger partial charge in [-0.3, -0.25) is 0 Å². The van der Waals surface area contributed by atoms with Gasteiger partial charge in [0.2, 0.25) is 0 Å². The van der Waals surface area contributed by atoms with Crippen LogP contribution in [0.3, 0.4) is 0 Å². The van der Waals surface area contributed by atoms with E-state index in [2.05, 4.69) is 18.3 Å². The summed E-state index contributed by atoms with van der Waals surface area (Å²) in [4.78, 5) is 0. The monoisotopic (exact) mass is 193 g/mol. The molecule has 0 aromatic carbocycles. The lowest BCUT2D eigenvalue weighted by Crippen LogP contribution is -2.26. The lowest BCUT2D eigenvalue weighted by Gasteiger charge is -2.11. The molecule has 0 amide bonds. The van der Waals surface area contributed by atoms with Crippen molar-refractivity contribution in [2.24, 2.45) is 0 Å². The quantitative estimate of drug-likeness (QED) is 0.795. The van der Waals surface area contributed by atoms with E-state index < -0.39 is 0 Å². The molecule has 0 radical (unpaired) electrons. The minimum absolute atomic E-state index is 0.725. The highest BCUT2D eigenvalue weighted by molar-refractivity contribution is 5.14. The molecule has 1 aliphatic carbocycles. The molecule has 1 heterocycles. The van der Waals surface area contributed by atoms with Crippen molar-refractivity contribution >= 4 is 0 Å². The van der Waals surface area contributed by atoms with Crippen molar-refractivity contribution in [3.8, 4) is 0 Å². The maximum Gasteiger partial charge on any atom is 0.0937 e. The summed E-state index contributed by atoms with van der Waals surface area (Å²) < 4.78 is 5.12. The van der Waals surface area contributed by atoms with Crippen LogP contribution >= 0.6 is 0 Å². The van der Waals surface area contributed by atoms with Crippen molar-refractivity contribution in [2.75, 3.05) is 6.54 Å². The van der Waals surface area contributed by atoms with E-state index in [4.69, 9.17) is 4.42 Å². The lowest BCUT2D eigenvalue weighted by atomic mass is 10.0. The standard InChI is InChI=1S/C12H19NO/c1-2-6-13-12-4-3-10(8-12)11-5-7-14-9-11/h5,7,9-10,12-13H,2-4,6,8H2,1H3. The number of hydrogen-bond acceptors (Lipinski definition) is 2. The van der Waals surface area contributed by atoms with Crippen LogP contribution in [0.1, 0.15) is 44.1 Å². The average molecular weight is 193 g/mol. The highest BCUT2D eigenvalue weighted by Gasteiger charge is 2.25. The predicted octanol–water partition coefficient (Wildman–Crippen LogP) is 2.92. The number of furan rings is 1. The molecule has 2 atom stereocenters. The van der Waals surface area contributed by atoms with E-state index in [0.717, 1.165) is 18.5 Å². The Kier molecular flexibility index (Phi) is 3.25. The van der Waals surface area contributed by atoms with Crippen LogP contribution in [-0.2, 0) is 0 Å². The molecule has 2 unspecified atom stereocenters. The maximum atomic E-state index is 5.12. The average Bonchev–Trinajstić information content (AvgIpc) is 2.85. The molecule has 1 fully saturated rings. The molecule has 2 rings (SSSR count). The van der Waals surface area contributed by atoms with Gasteiger partial charge in [-0.05, 0) is 49.8 Å². The van der Waals surface area contributed by atoms with Gasteiger partial charge in [0.1, 0.15) is 0 Å². The maximum absolute atomic E-state index is 5.12. The van der Waals surface area contributed by atoms with Crippen LogP contribution in [0.15, 0.2) is 23.0 Å². The largest absolute Gasteiger partial charge is 0.472 e. The minimum Gasteiger partial charge on any atom is -0.472 e. The Morgan fingerprint density at radius 3 is 3.14 bits per heavy atom. The van der Waals surface area contributed by atoms with Gasteiger partial charge in [0.05, 0.1) is 12.5 Å². The van der Waals surface area contributed by atoms with Crippen LogP contribution in [0.25, 0.3) is 0 Å². The molecule has 0 bridgehead atoms. The lowest BCUT2D eigenvalue weighted by molar-refractivity contribution is 0.515. The van der Waals surface area contributed by atoms with Gasteiger partial charge in [-0.15, -0.1) is 0 Å². The predicted molar refractivity (Wildman–Crippen MR) is 57.4 cm³/mol.